The van der Waals surface area contributed by atoms with Crippen molar-refractivity contribution in [3.8, 4) is 0 Å². The average Bonchev–Trinajstić information content (AvgIpc) is 2.40. The standard InChI is InChI=1S/C13H18N3O2/c1-12(2)13(3,4)16(18)11(15(12)17)9-7-5-6-8-10(9)14/h5-8,14,17H,1-4H3/b11-9+,14-10?. The molecule has 2 N–H and O–H groups in total. The summed E-state index contributed by atoms with van der Waals surface area (Å²) in [5, 5.41) is 32.3. The first-order valence-electron chi connectivity index (χ1n) is 5.85. The second-order valence-corrected chi connectivity index (χ2v) is 5.59. The summed E-state index contributed by atoms with van der Waals surface area (Å²) in [6.07, 6.45) is 6.75. The van der Waals surface area contributed by atoms with Gasteiger partial charge in [-0.3, -0.25) is 5.21 Å². The number of nitrogens with one attached hydrogen (secondary N) is 1. The summed E-state index contributed by atoms with van der Waals surface area (Å²) in [5.74, 6) is 0.135. The molecule has 97 valence electrons. The molecule has 1 fully saturated rings. The third kappa shape index (κ3) is 1.44. The molecule has 0 unspecified atom stereocenters. The van der Waals surface area contributed by atoms with Crippen molar-refractivity contribution >= 4 is 5.71 Å². The van der Waals surface area contributed by atoms with Crippen molar-refractivity contribution in [2.24, 2.45) is 0 Å². The van der Waals surface area contributed by atoms with Gasteiger partial charge in [-0.2, -0.15) is 5.06 Å². The minimum Gasteiger partial charge on any atom is -0.300 e. The van der Waals surface area contributed by atoms with Crippen LogP contribution in [-0.4, -0.2) is 32.1 Å². The number of hydroxylamine groups is 4. The lowest BCUT2D eigenvalue weighted by atomic mass is 9.84. The van der Waals surface area contributed by atoms with E-state index in [4.69, 9.17) is 5.41 Å². The normalized spacial score (nSPS) is 29.3. The third-order valence-electron chi connectivity index (χ3n) is 4.10. The van der Waals surface area contributed by atoms with Crippen LogP contribution < -0.4 is 0 Å². The van der Waals surface area contributed by atoms with Crippen LogP contribution in [0.25, 0.3) is 0 Å². The van der Waals surface area contributed by atoms with Gasteiger partial charge in [-0.1, -0.05) is 17.4 Å². The maximum atomic E-state index is 12.4. The quantitative estimate of drug-likeness (QED) is 0.690. The second-order valence-electron chi connectivity index (χ2n) is 5.59. The maximum Gasteiger partial charge on any atom is 0.166 e. The molecule has 0 aromatic heterocycles. The van der Waals surface area contributed by atoms with Gasteiger partial charge in [0.1, 0.15) is 0 Å². The number of hydrogen-bond donors (Lipinski definition) is 2. The van der Waals surface area contributed by atoms with Gasteiger partial charge in [0.05, 0.1) is 16.8 Å². The lowest BCUT2D eigenvalue weighted by Gasteiger charge is -2.36. The van der Waals surface area contributed by atoms with Crippen LogP contribution in [0, 0.1) is 5.41 Å². The monoisotopic (exact) mass is 248 g/mol. The summed E-state index contributed by atoms with van der Waals surface area (Å²) in [5.41, 5.74) is -0.847. The molecule has 1 aliphatic heterocycles. The third-order valence-corrected chi connectivity index (χ3v) is 4.10. The Kier molecular flexibility index (Phi) is 2.64. The molecule has 0 spiro atoms. The van der Waals surface area contributed by atoms with E-state index < -0.39 is 11.1 Å². The molecule has 1 heterocycles. The number of nitrogens with zero attached hydrogens (tertiary/aromatic N) is 2. The van der Waals surface area contributed by atoms with E-state index in [-0.39, 0.29) is 11.5 Å². The molecule has 0 saturated carbocycles. The minimum absolute atomic E-state index is 0.135. The van der Waals surface area contributed by atoms with Crippen molar-refractivity contribution in [3.05, 3.63) is 35.7 Å². The highest BCUT2D eigenvalue weighted by Crippen LogP contribution is 2.44. The molecule has 2 aliphatic rings. The Morgan fingerprint density at radius 1 is 1.11 bits per heavy atom. The molecule has 2 rings (SSSR count). The molecule has 0 atom stereocenters. The topological polar surface area (TPSA) is 70.5 Å². The summed E-state index contributed by atoms with van der Waals surface area (Å²) < 4.78 is 0. The Bertz CT molecular complexity index is 464. The molecule has 0 bridgehead atoms. The van der Waals surface area contributed by atoms with E-state index in [1.165, 1.54) is 0 Å². The first-order chi connectivity index (χ1) is 8.21. The van der Waals surface area contributed by atoms with E-state index in [0.29, 0.717) is 5.57 Å². The van der Waals surface area contributed by atoms with Crippen LogP contribution in [0.4, 0.5) is 0 Å². The SMILES string of the molecule is CC1(C)N([O])/C(=C2\C=CC=CC2=N)N(O)C1(C)C. The Morgan fingerprint density at radius 2 is 1.67 bits per heavy atom. The molecule has 18 heavy (non-hydrogen) atoms. The van der Waals surface area contributed by atoms with Crippen LogP contribution in [0.2, 0.25) is 0 Å². The van der Waals surface area contributed by atoms with Crippen LogP contribution in [0.3, 0.4) is 0 Å². The van der Waals surface area contributed by atoms with Crippen molar-refractivity contribution in [1.82, 2.24) is 10.1 Å². The van der Waals surface area contributed by atoms with Crippen LogP contribution in [0.5, 0.6) is 0 Å². The summed E-state index contributed by atoms with van der Waals surface area (Å²) in [4.78, 5) is 0. The number of allylic oxidation sites excluding steroid dienone is 5. The summed E-state index contributed by atoms with van der Waals surface area (Å²) in [6.45, 7) is 7.17. The van der Waals surface area contributed by atoms with Crippen molar-refractivity contribution in [2.45, 2.75) is 38.8 Å². The predicted octanol–water partition coefficient (Wildman–Crippen LogP) is 2.25. The highest BCUT2D eigenvalue weighted by molar-refractivity contribution is 6.09. The molecular formula is C13H18N3O2. The highest BCUT2D eigenvalue weighted by Gasteiger charge is 2.56. The smallest absolute Gasteiger partial charge is 0.166 e. The Labute approximate surface area is 107 Å². The predicted molar refractivity (Wildman–Crippen MR) is 67.3 cm³/mol. The van der Waals surface area contributed by atoms with E-state index in [2.05, 4.69) is 0 Å². The Balaban J connectivity index is 2.61. The van der Waals surface area contributed by atoms with Crippen LogP contribution >= 0.6 is 0 Å². The molecule has 1 saturated heterocycles. The molecule has 5 heteroatoms. The van der Waals surface area contributed by atoms with Crippen LogP contribution in [0.1, 0.15) is 27.7 Å². The van der Waals surface area contributed by atoms with E-state index in [1.54, 1.807) is 52.0 Å². The molecular weight excluding hydrogens is 230 g/mol. The Morgan fingerprint density at radius 3 is 2.11 bits per heavy atom. The Hall–Kier alpha value is -1.59. The number of rotatable bonds is 0. The van der Waals surface area contributed by atoms with Gasteiger partial charge in [0.25, 0.3) is 0 Å². The average molecular weight is 248 g/mol. The molecule has 5 nitrogen and oxygen atoms in total. The van der Waals surface area contributed by atoms with E-state index in [1.807, 2.05) is 0 Å². The second kappa shape index (κ2) is 3.70. The largest absolute Gasteiger partial charge is 0.300 e. The van der Waals surface area contributed by atoms with E-state index >= 15 is 0 Å². The lowest BCUT2D eigenvalue weighted by molar-refractivity contribution is -0.181. The van der Waals surface area contributed by atoms with Crippen molar-refractivity contribution in [2.75, 3.05) is 0 Å². The minimum atomic E-state index is -0.778. The van der Waals surface area contributed by atoms with Crippen LogP contribution in [0.15, 0.2) is 35.7 Å². The zero-order valence-electron chi connectivity index (χ0n) is 11.1. The highest BCUT2D eigenvalue weighted by atomic mass is 16.6. The summed E-state index contributed by atoms with van der Waals surface area (Å²) >= 11 is 0. The first kappa shape index (κ1) is 12.9. The molecule has 0 aromatic rings. The van der Waals surface area contributed by atoms with E-state index in [9.17, 15) is 10.4 Å². The number of hydrogen-bond acceptors (Lipinski definition) is 4. The fourth-order valence-electron chi connectivity index (χ4n) is 2.02. The fourth-order valence-corrected chi connectivity index (χ4v) is 2.02. The zero-order valence-corrected chi connectivity index (χ0v) is 11.1. The van der Waals surface area contributed by atoms with Crippen molar-refractivity contribution < 1.29 is 10.4 Å². The van der Waals surface area contributed by atoms with Gasteiger partial charge >= 0.3 is 0 Å². The van der Waals surface area contributed by atoms with Gasteiger partial charge in [-0.05, 0) is 39.8 Å². The lowest BCUT2D eigenvalue weighted by Crippen LogP contribution is -2.52. The maximum absolute atomic E-state index is 12.4. The summed E-state index contributed by atoms with van der Waals surface area (Å²) in [7, 11) is 0. The fraction of sp³-hybridized carbons (Fsp3) is 0.462. The molecule has 0 amide bonds. The van der Waals surface area contributed by atoms with Crippen molar-refractivity contribution in [1.29, 1.82) is 5.41 Å². The molecule has 1 radical (unpaired) electrons. The van der Waals surface area contributed by atoms with Crippen molar-refractivity contribution in [3.63, 3.8) is 0 Å². The van der Waals surface area contributed by atoms with Crippen LogP contribution in [-0.2, 0) is 5.21 Å². The van der Waals surface area contributed by atoms with E-state index in [0.717, 1.165) is 10.1 Å². The zero-order chi connectivity index (χ0) is 13.7. The van der Waals surface area contributed by atoms with Gasteiger partial charge in [0.2, 0.25) is 0 Å². The molecule has 1 aliphatic carbocycles. The van der Waals surface area contributed by atoms with Gasteiger partial charge < -0.3 is 5.41 Å². The molecule has 0 aromatic carbocycles. The van der Waals surface area contributed by atoms with Gasteiger partial charge in [0.15, 0.2) is 5.82 Å². The van der Waals surface area contributed by atoms with Gasteiger partial charge in [-0.25, -0.2) is 5.06 Å². The first-order valence-corrected chi connectivity index (χ1v) is 5.85. The summed E-state index contributed by atoms with van der Waals surface area (Å²) in [6, 6.07) is 0. The van der Waals surface area contributed by atoms with Gasteiger partial charge in [-0.15, -0.1) is 0 Å². The van der Waals surface area contributed by atoms with Gasteiger partial charge in [0, 0.05) is 5.57 Å².